The van der Waals surface area contributed by atoms with Crippen molar-refractivity contribution in [2.45, 2.75) is 17.8 Å². The molecule has 1 aliphatic heterocycles. The maximum Gasteiger partial charge on any atom is 0.258 e. The van der Waals surface area contributed by atoms with Crippen LogP contribution in [0, 0.1) is 12.7 Å². The maximum atomic E-state index is 13.3. The molecule has 1 aliphatic rings. The molecule has 5 heteroatoms. The van der Waals surface area contributed by atoms with Crippen LogP contribution in [0.2, 0.25) is 0 Å². The molecule has 0 amide bonds. The second-order valence-corrected chi connectivity index (χ2v) is 4.86. The molecule has 1 aromatic heterocycles. The summed E-state index contributed by atoms with van der Waals surface area (Å²) in [4.78, 5) is 16.3. The van der Waals surface area contributed by atoms with Gasteiger partial charge in [0.1, 0.15) is 5.82 Å². The highest BCUT2D eigenvalue weighted by Gasteiger charge is 2.19. The summed E-state index contributed by atoms with van der Waals surface area (Å²) < 4.78 is 14.7. The van der Waals surface area contributed by atoms with Crippen molar-refractivity contribution in [2.75, 3.05) is 0 Å². The summed E-state index contributed by atoms with van der Waals surface area (Å²) in [6.45, 7) is 1.78. The van der Waals surface area contributed by atoms with Crippen molar-refractivity contribution in [1.82, 2.24) is 9.55 Å². The quantitative estimate of drug-likeness (QED) is 0.671. The number of thioether (sulfide) groups is 1. The Hall–Kier alpha value is -1.62. The first kappa shape index (κ1) is 10.5. The molecule has 0 N–H and O–H groups in total. The Kier molecular flexibility index (Phi) is 2.29. The largest absolute Gasteiger partial charge is 0.269 e. The molecule has 2 aromatic rings. The molecule has 3 nitrogen and oxygen atoms in total. The minimum Gasteiger partial charge on any atom is -0.269 e. The third kappa shape index (κ3) is 1.67. The lowest BCUT2D eigenvalue weighted by Gasteiger charge is -2.20. The lowest BCUT2D eigenvalue weighted by atomic mass is 10.2. The van der Waals surface area contributed by atoms with Gasteiger partial charge in [0.05, 0.1) is 5.69 Å². The SMILES string of the molecule is Cc1cc(=O)n2c(n1)SCc1ccc(F)cc1-2. The van der Waals surface area contributed by atoms with Crippen molar-refractivity contribution in [2.24, 2.45) is 0 Å². The smallest absolute Gasteiger partial charge is 0.258 e. The van der Waals surface area contributed by atoms with E-state index in [1.54, 1.807) is 13.0 Å². The van der Waals surface area contributed by atoms with Crippen molar-refractivity contribution >= 4 is 11.8 Å². The first-order chi connectivity index (χ1) is 8.15. The van der Waals surface area contributed by atoms with Gasteiger partial charge in [-0.1, -0.05) is 17.8 Å². The van der Waals surface area contributed by atoms with Crippen LogP contribution in [-0.2, 0) is 5.75 Å². The summed E-state index contributed by atoms with van der Waals surface area (Å²) in [5, 5.41) is 0.633. The van der Waals surface area contributed by atoms with Crippen LogP contribution in [0.3, 0.4) is 0 Å². The molecule has 0 spiro atoms. The van der Waals surface area contributed by atoms with Crippen LogP contribution in [0.25, 0.3) is 5.69 Å². The lowest BCUT2D eigenvalue weighted by Crippen LogP contribution is -2.24. The molecule has 0 bridgehead atoms. The first-order valence-electron chi connectivity index (χ1n) is 5.17. The molecule has 0 saturated heterocycles. The van der Waals surface area contributed by atoms with E-state index in [4.69, 9.17) is 0 Å². The van der Waals surface area contributed by atoms with Crippen molar-refractivity contribution < 1.29 is 4.39 Å². The van der Waals surface area contributed by atoms with E-state index in [0.717, 1.165) is 5.56 Å². The van der Waals surface area contributed by atoms with Crippen LogP contribution in [-0.4, -0.2) is 9.55 Å². The highest BCUT2D eigenvalue weighted by Crippen LogP contribution is 2.31. The van der Waals surface area contributed by atoms with E-state index < -0.39 is 0 Å². The van der Waals surface area contributed by atoms with Gasteiger partial charge in [-0.05, 0) is 24.6 Å². The summed E-state index contributed by atoms with van der Waals surface area (Å²) in [6.07, 6.45) is 0. The molecule has 0 atom stereocenters. The molecular formula is C12H9FN2OS. The Morgan fingerprint density at radius 1 is 1.41 bits per heavy atom. The number of hydrogen-bond donors (Lipinski definition) is 0. The lowest BCUT2D eigenvalue weighted by molar-refractivity contribution is 0.623. The molecule has 0 fully saturated rings. The average molecular weight is 248 g/mol. The van der Waals surface area contributed by atoms with E-state index in [1.165, 1.54) is 34.5 Å². The second-order valence-electron chi connectivity index (χ2n) is 3.92. The number of aromatic nitrogens is 2. The Labute approximate surface area is 101 Å². The Morgan fingerprint density at radius 2 is 2.24 bits per heavy atom. The zero-order chi connectivity index (χ0) is 12.0. The normalized spacial score (nSPS) is 13.1. The van der Waals surface area contributed by atoms with E-state index in [0.29, 0.717) is 22.3 Å². The van der Waals surface area contributed by atoms with Crippen molar-refractivity contribution in [3.63, 3.8) is 0 Å². The summed E-state index contributed by atoms with van der Waals surface area (Å²) in [7, 11) is 0. The molecule has 86 valence electrons. The summed E-state index contributed by atoms with van der Waals surface area (Å²) in [5.41, 5.74) is 2.09. The van der Waals surface area contributed by atoms with Gasteiger partial charge in [-0.25, -0.2) is 9.37 Å². The third-order valence-corrected chi connectivity index (χ3v) is 3.65. The van der Waals surface area contributed by atoms with Crippen LogP contribution >= 0.6 is 11.8 Å². The van der Waals surface area contributed by atoms with Gasteiger partial charge in [-0.3, -0.25) is 9.36 Å². The average Bonchev–Trinajstić information content (AvgIpc) is 2.27. The number of nitrogens with zero attached hydrogens (tertiary/aromatic N) is 2. The van der Waals surface area contributed by atoms with Crippen LogP contribution < -0.4 is 5.56 Å². The van der Waals surface area contributed by atoms with Gasteiger partial charge in [0.2, 0.25) is 0 Å². The number of fused-ring (bicyclic) bond motifs is 3. The molecule has 0 aliphatic carbocycles. The third-order valence-electron chi connectivity index (χ3n) is 2.66. The number of halogens is 1. The second kappa shape index (κ2) is 3.70. The first-order valence-corrected chi connectivity index (χ1v) is 6.16. The Balaban J connectivity index is 2.36. The predicted molar refractivity (Wildman–Crippen MR) is 64.1 cm³/mol. The molecule has 1 aromatic carbocycles. The number of hydrogen-bond acceptors (Lipinski definition) is 3. The fourth-order valence-corrected chi connectivity index (χ4v) is 2.95. The highest BCUT2D eigenvalue weighted by molar-refractivity contribution is 7.98. The van der Waals surface area contributed by atoms with Gasteiger partial charge < -0.3 is 0 Å². The minimum atomic E-state index is -0.339. The summed E-state index contributed by atoms with van der Waals surface area (Å²) in [5.74, 6) is 0.375. The summed E-state index contributed by atoms with van der Waals surface area (Å²) in [6, 6.07) is 5.98. The van der Waals surface area contributed by atoms with Gasteiger partial charge in [0.15, 0.2) is 5.16 Å². The molecule has 0 radical (unpaired) electrons. The molecule has 2 heterocycles. The highest BCUT2D eigenvalue weighted by atomic mass is 32.2. The Bertz CT molecular complexity index is 666. The zero-order valence-corrected chi connectivity index (χ0v) is 9.92. The van der Waals surface area contributed by atoms with E-state index in [2.05, 4.69) is 4.98 Å². The van der Waals surface area contributed by atoms with E-state index in [9.17, 15) is 9.18 Å². The van der Waals surface area contributed by atoms with Crippen LogP contribution in [0.15, 0.2) is 34.2 Å². The standard InChI is InChI=1S/C12H9FN2OS/c1-7-4-11(16)15-10-5-9(13)3-2-8(10)6-17-12(15)14-7/h2-5H,6H2,1H3. The minimum absolute atomic E-state index is 0.161. The van der Waals surface area contributed by atoms with Crippen molar-refractivity contribution in [1.29, 1.82) is 0 Å². The number of rotatable bonds is 0. The number of aryl methyl sites for hydroxylation is 1. The van der Waals surface area contributed by atoms with E-state index in [-0.39, 0.29) is 11.4 Å². The summed E-state index contributed by atoms with van der Waals surface area (Å²) >= 11 is 1.49. The van der Waals surface area contributed by atoms with Crippen LogP contribution in [0.5, 0.6) is 0 Å². The fourth-order valence-electron chi connectivity index (χ4n) is 1.90. The van der Waals surface area contributed by atoms with Gasteiger partial charge >= 0.3 is 0 Å². The van der Waals surface area contributed by atoms with Gasteiger partial charge in [-0.15, -0.1) is 0 Å². The Morgan fingerprint density at radius 3 is 3.06 bits per heavy atom. The zero-order valence-electron chi connectivity index (χ0n) is 9.11. The molecule has 17 heavy (non-hydrogen) atoms. The molecule has 0 unspecified atom stereocenters. The van der Waals surface area contributed by atoms with Gasteiger partial charge in [0.25, 0.3) is 5.56 Å². The van der Waals surface area contributed by atoms with Crippen molar-refractivity contribution in [3.8, 4) is 5.69 Å². The van der Waals surface area contributed by atoms with E-state index in [1.807, 2.05) is 0 Å². The fraction of sp³-hybridized carbons (Fsp3) is 0.167. The van der Waals surface area contributed by atoms with Gasteiger partial charge in [0, 0.05) is 17.5 Å². The topological polar surface area (TPSA) is 34.9 Å². The number of benzene rings is 1. The predicted octanol–water partition coefficient (Wildman–Crippen LogP) is 2.29. The molecular weight excluding hydrogens is 239 g/mol. The van der Waals surface area contributed by atoms with Crippen LogP contribution in [0.4, 0.5) is 4.39 Å². The molecule has 3 rings (SSSR count). The van der Waals surface area contributed by atoms with Crippen molar-refractivity contribution in [3.05, 3.63) is 51.7 Å². The molecule has 0 saturated carbocycles. The monoisotopic (exact) mass is 248 g/mol. The van der Waals surface area contributed by atoms with Crippen LogP contribution in [0.1, 0.15) is 11.3 Å². The van der Waals surface area contributed by atoms with Gasteiger partial charge in [-0.2, -0.15) is 0 Å². The van der Waals surface area contributed by atoms with E-state index >= 15 is 0 Å². The maximum absolute atomic E-state index is 13.3.